The van der Waals surface area contributed by atoms with Crippen molar-refractivity contribution < 1.29 is 14.3 Å². The first-order chi connectivity index (χ1) is 12.1. The first-order valence-electron chi connectivity index (χ1n) is 7.65. The quantitative estimate of drug-likeness (QED) is 0.675. The van der Waals surface area contributed by atoms with Crippen LogP contribution in [-0.4, -0.2) is 24.7 Å². The molecule has 2 aromatic carbocycles. The van der Waals surface area contributed by atoms with Gasteiger partial charge in [-0.25, -0.2) is 0 Å². The van der Waals surface area contributed by atoms with Crippen molar-refractivity contribution in [2.24, 2.45) is 12.0 Å². The van der Waals surface area contributed by atoms with E-state index in [9.17, 15) is 4.79 Å². The molecule has 0 saturated heterocycles. The predicted molar refractivity (Wildman–Crippen MR) is 99.9 cm³/mol. The van der Waals surface area contributed by atoms with E-state index in [-0.39, 0.29) is 5.91 Å². The maximum Gasteiger partial charge on any atom is 0.272 e. The van der Waals surface area contributed by atoms with E-state index in [0.717, 1.165) is 15.8 Å². The number of rotatable bonds is 4. The van der Waals surface area contributed by atoms with Gasteiger partial charge in [-0.3, -0.25) is 4.79 Å². The molecule has 3 rings (SSSR count). The third-order valence-electron chi connectivity index (χ3n) is 3.76. The number of thiazole rings is 1. The largest absolute Gasteiger partial charge is 0.497 e. The highest BCUT2D eigenvalue weighted by Gasteiger charge is 2.04. The number of methoxy groups -OCH3 is 2. The molecule has 0 aliphatic rings. The van der Waals surface area contributed by atoms with Gasteiger partial charge in [0.25, 0.3) is 5.91 Å². The van der Waals surface area contributed by atoms with Gasteiger partial charge in [0.15, 0.2) is 4.80 Å². The van der Waals surface area contributed by atoms with Gasteiger partial charge in [0.1, 0.15) is 11.5 Å². The van der Waals surface area contributed by atoms with Gasteiger partial charge in [0, 0.05) is 18.7 Å². The van der Waals surface area contributed by atoms with Crippen molar-refractivity contribution in [2.75, 3.05) is 14.2 Å². The molecule has 6 heteroatoms. The van der Waals surface area contributed by atoms with Crippen LogP contribution in [0.1, 0.15) is 5.56 Å². The van der Waals surface area contributed by atoms with Crippen LogP contribution in [0.3, 0.4) is 0 Å². The van der Waals surface area contributed by atoms with E-state index < -0.39 is 0 Å². The molecule has 5 nitrogen and oxygen atoms in total. The van der Waals surface area contributed by atoms with Crippen molar-refractivity contribution in [1.29, 1.82) is 0 Å². The van der Waals surface area contributed by atoms with Gasteiger partial charge in [0.2, 0.25) is 0 Å². The Kier molecular flexibility index (Phi) is 5.00. The van der Waals surface area contributed by atoms with Gasteiger partial charge in [-0.2, -0.15) is 4.99 Å². The van der Waals surface area contributed by atoms with E-state index in [0.29, 0.717) is 16.3 Å². The fraction of sp³-hybridized carbons (Fsp3) is 0.158. The zero-order chi connectivity index (χ0) is 17.8. The van der Waals surface area contributed by atoms with Crippen molar-refractivity contribution in [3.63, 3.8) is 0 Å². The number of benzene rings is 2. The molecule has 0 N–H and O–H groups in total. The number of para-hydroxylation sites is 1. The van der Waals surface area contributed by atoms with Crippen molar-refractivity contribution in [1.82, 2.24) is 4.57 Å². The van der Waals surface area contributed by atoms with E-state index >= 15 is 0 Å². The summed E-state index contributed by atoms with van der Waals surface area (Å²) >= 11 is 1.48. The Bertz CT molecular complexity index is 1010. The summed E-state index contributed by atoms with van der Waals surface area (Å²) in [5, 5.41) is 0. The molecule has 0 bridgehead atoms. The Morgan fingerprint density at radius 3 is 2.68 bits per heavy atom. The van der Waals surface area contributed by atoms with E-state index in [1.54, 1.807) is 32.4 Å². The molecule has 128 valence electrons. The van der Waals surface area contributed by atoms with Crippen molar-refractivity contribution in [2.45, 2.75) is 0 Å². The summed E-state index contributed by atoms with van der Waals surface area (Å²) in [6.07, 6.45) is 3.11. The van der Waals surface area contributed by atoms with E-state index in [1.165, 1.54) is 17.4 Å². The minimum atomic E-state index is -0.327. The highest BCUT2D eigenvalue weighted by Crippen LogP contribution is 2.25. The standard InChI is InChI=1S/C19H18N2O3S/c1-21-15-6-4-5-7-17(15)25-19(21)20-18(22)11-8-13-12-14(23-2)9-10-16(13)24-3/h4-12H,1-3H3. The Morgan fingerprint density at radius 1 is 1.16 bits per heavy atom. The van der Waals surface area contributed by atoms with Crippen molar-refractivity contribution in [3.8, 4) is 11.5 Å². The van der Waals surface area contributed by atoms with Crippen LogP contribution in [-0.2, 0) is 11.8 Å². The summed E-state index contributed by atoms with van der Waals surface area (Å²) in [4.78, 5) is 17.1. The van der Waals surface area contributed by atoms with Crippen LogP contribution < -0.4 is 14.3 Å². The Balaban J connectivity index is 1.91. The van der Waals surface area contributed by atoms with Crippen LogP contribution in [0, 0.1) is 0 Å². The fourth-order valence-corrected chi connectivity index (χ4v) is 3.47. The molecule has 1 amide bonds. The Hall–Kier alpha value is -2.86. The summed E-state index contributed by atoms with van der Waals surface area (Å²) in [6, 6.07) is 13.4. The summed E-state index contributed by atoms with van der Waals surface area (Å²) < 4.78 is 13.5. The van der Waals surface area contributed by atoms with Crippen LogP contribution in [0.5, 0.6) is 11.5 Å². The highest BCUT2D eigenvalue weighted by molar-refractivity contribution is 7.16. The number of amides is 1. The van der Waals surface area contributed by atoms with Gasteiger partial charge >= 0.3 is 0 Å². The third-order valence-corrected chi connectivity index (χ3v) is 4.88. The van der Waals surface area contributed by atoms with Crippen LogP contribution in [0.2, 0.25) is 0 Å². The lowest BCUT2D eigenvalue weighted by molar-refractivity contribution is -0.113. The topological polar surface area (TPSA) is 52.8 Å². The van der Waals surface area contributed by atoms with Gasteiger partial charge in [-0.05, 0) is 36.4 Å². The zero-order valence-corrected chi connectivity index (χ0v) is 15.0. The normalized spacial score (nSPS) is 12.0. The van der Waals surface area contributed by atoms with Gasteiger partial charge < -0.3 is 14.0 Å². The number of carbonyl (C=O) groups is 1. The molecular weight excluding hydrogens is 336 g/mol. The molecule has 0 saturated carbocycles. The van der Waals surface area contributed by atoms with E-state index in [2.05, 4.69) is 4.99 Å². The summed E-state index contributed by atoms with van der Waals surface area (Å²) in [6.45, 7) is 0. The molecule has 0 radical (unpaired) electrons. The maximum atomic E-state index is 12.2. The smallest absolute Gasteiger partial charge is 0.272 e. The highest BCUT2D eigenvalue weighted by atomic mass is 32.1. The van der Waals surface area contributed by atoms with Crippen LogP contribution in [0.15, 0.2) is 53.5 Å². The second-order valence-corrected chi connectivity index (χ2v) is 6.31. The maximum absolute atomic E-state index is 12.2. The Morgan fingerprint density at radius 2 is 1.96 bits per heavy atom. The molecule has 1 aromatic heterocycles. The molecule has 0 atom stereocenters. The second-order valence-electron chi connectivity index (χ2n) is 5.30. The average Bonchev–Trinajstić information content (AvgIpc) is 2.95. The summed E-state index contributed by atoms with van der Waals surface area (Å²) in [7, 11) is 5.08. The van der Waals surface area contributed by atoms with E-state index in [4.69, 9.17) is 9.47 Å². The molecule has 0 unspecified atom stereocenters. The number of fused-ring (bicyclic) bond motifs is 1. The Labute approximate surface area is 149 Å². The monoisotopic (exact) mass is 354 g/mol. The number of carbonyl (C=O) groups excluding carboxylic acids is 1. The molecule has 25 heavy (non-hydrogen) atoms. The first-order valence-corrected chi connectivity index (χ1v) is 8.47. The fourth-order valence-electron chi connectivity index (χ4n) is 2.45. The average molecular weight is 354 g/mol. The molecule has 0 fully saturated rings. The molecular formula is C19H18N2O3S. The summed E-state index contributed by atoms with van der Waals surface area (Å²) in [5.41, 5.74) is 1.81. The molecule has 3 aromatic rings. The van der Waals surface area contributed by atoms with Gasteiger partial charge in [0.05, 0.1) is 24.4 Å². The lowest BCUT2D eigenvalue weighted by atomic mass is 10.1. The zero-order valence-electron chi connectivity index (χ0n) is 14.2. The number of aryl methyl sites for hydroxylation is 1. The molecule has 0 aliphatic carbocycles. The minimum Gasteiger partial charge on any atom is -0.497 e. The predicted octanol–water partition coefficient (Wildman–Crippen LogP) is 3.40. The summed E-state index contributed by atoms with van der Waals surface area (Å²) in [5.74, 6) is 1.03. The number of ether oxygens (including phenoxy) is 2. The second kappa shape index (κ2) is 7.36. The van der Waals surface area contributed by atoms with Crippen LogP contribution in [0.4, 0.5) is 0 Å². The third kappa shape index (κ3) is 3.64. The number of nitrogens with zero attached hydrogens (tertiary/aromatic N) is 2. The number of hydrogen-bond acceptors (Lipinski definition) is 4. The number of hydrogen-bond donors (Lipinski definition) is 0. The van der Waals surface area contributed by atoms with Crippen LogP contribution in [0.25, 0.3) is 16.3 Å². The lowest BCUT2D eigenvalue weighted by Gasteiger charge is -2.06. The molecule has 0 spiro atoms. The minimum absolute atomic E-state index is 0.327. The first kappa shape index (κ1) is 17.0. The van der Waals surface area contributed by atoms with Gasteiger partial charge in [-0.1, -0.05) is 23.5 Å². The van der Waals surface area contributed by atoms with Gasteiger partial charge in [-0.15, -0.1) is 0 Å². The van der Waals surface area contributed by atoms with Crippen molar-refractivity contribution >= 4 is 33.5 Å². The SMILES string of the molecule is COc1ccc(OC)c(C=CC(=O)N=c2sc3ccccc3n2C)c1. The molecule has 1 heterocycles. The lowest BCUT2D eigenvalue weighted by Crippen LogP contribution is -2.12. The van der Waals surface area contributed by atoms with Crippen molar-refractivity contribution in [3.05, 3.63) is 58.9 Å². The van der Waals surface area contributed by atoms with E-state index in [1.807, 2.05) is 41.9 Å². The number of aromatic nitrogens is 1. The van der Waals surface area contributed by atoms with Crippen LogP contribution >= 0.6 is 11.3 Å². The molecule has 0 aliphatic heterocycles.